The van der Waals surface area contributed by atoms with E-state index >= 15 is 0 Å². The average Bonchev–Trinajstić information content (AvgIpc) is 2.19. The molecule has 0 N–H and O–H groups in total. The summed E-state index contributed by atoms with van der Waals surface area (Å²) >= 11 is 0. The van der Waals surface area contributed by atoms with E-state index in [4.69, 9.17) is 6.57 Å². The van der Waals surface area contributed by atoms with Crippen molar-refractivity contribution in [3.8, 4) is 5.75 Å². The number of carbonyl (C=O) groups is 2. The molecule has 0 heterocycles. The first-order valence-corrected chi connectivity index (χ1v) is 3.54. The Bertz CT molecular complexity index is 402. The van der Waals surface area contributed by atoms with Crippen molar-refractivity contribution >= 4 is 17.6 Å². The summed E-state index contributed by atoms with van der Waals surface area (Å²) in [6.45, 7) is 6.64. The monoisotopic (exact) mass is 190 g/mol. The summed E-state index contributed by atoms with van der Waals surface area (Å²) in [6, 6.07) is 5.47. The molecule has 0 aliphatic carbocycles. The number of aliphatic carboxylic acids is 1. The van der Waals surface area contributed by atoms with Gasteiger partial charge in [0.05, 0.1) is 6.57 Å². The molecule has 5 nitrogen and oxygen atoms in total. The van der Waals surface area contributed by atoms with Crippen LogP contribution in [0.25, 0.3) is 4.85 Å². The summed E-state index contributed by atoms with van der Waals surface area (Å²) in [5.74, 6) is -3.30. The third-order valence-corrected chi connectivity index (χ3v) is 1.34. The van der Waals surface area contributed by atoms with Crippen molar-refractivity contribution in [2.75, 3.05) is 0 Å². The van der Waals surface area contributed by atoms with Crippen LogP contribution in [0.3, 0.4) is 0 Å². The average molecular weight is 190 g/mol. The van der Waals surface area contributed by atoms with Crippen molar-refractivity contribution < 1.29 is 19.4 Å². The fraction of sp³-hybridized carbons (Fsp3) is 0. The SMILES string of the molecule is [C-]#[N+]c1ccc(OC(=O)C(=O)[O-])cc1. The molecule has 1 aromatic rings. The zero-order valence-electron chi connectivity index (χ0n) is 6.89. The van der Waals surface area contributed by atoms with Crippen LogP contribution in [0.1, 0.15) is 0 Å². The lowest BCUT2D eigenvalue weighted by molar-refractivity contribution is -0.302. The Kier molecular flexibility index (Phi) is 2.82. The number of hydrogen-bond donors (Lipinski definition) is 0. The van der Waals surface area contributed by atoms with Gasteiger partial charge in [-0.05, 0) is 12.1 Å². The van der Waals surface area contributed by atoms with Crippen LogP contribution in [0.2, 0.25) is 0 Å². The number of carboxylic acids is 1. The fourth-order valence-electron chi connectivity index (χ4n) is 0.737. The molecule has 0 aromatic heterocycles. The Morgan fingerprint density at radius 2 is 1.86 bits per heavy atom. The van der Waals surface area contributed by atoms with Crippen molar-refractivity contribution in [1.29, 1.82) is 0 Å². The predicted octanol–water partition coefficient (Wildman–Crippen LogP) is -0.107. The number of nitrogens with zero attached hydrogens (tertiary/aromatic N) is 1. The lowest BCUT2D eigenvalue weighted by atomic mass is 10.3. The normalized spacial score (nSPS) is 8.79. The fourth-order valence-corrected chi connectivity index (χ4v) is 0.737. The first kappa shape index (κ1) is 9.74. The highest BCUT2D eigenvalue weighted by atomic mass is 16.6. The predicted molar refractivity (Wildman–Crippen MR) is 43.3 cm³/mol. The molecule has 1 rings (SSSR count). The molecule has 70 valence electrons. The van der Waals surface area contributed by atoms with Crippen LogP contribution in [0, 0.1) is 6.57 Å². The van der Waals surface area contributed by atoms with Gasteiger partial charge in [-0.2, -0.15) is 0 Å². The molecule has 5 heteroatoms. The zero-order valence-corrected chi connectivity index (χ0v) is 6.89. The molecule has 0 saturated carbocycles. The van der Waals surface area contributed by atoms with Gasteiger partial charge in [0, 0.05) is 0 Å². The zero-order chi connectivity index (χ0) is 10.6. The Hall–Kier alpha value is -2.35. The molecular formula is C9H4NO4-. The number of carbonyl (C=O) groups excluding carboxylic acids is 2. The van der Waals surface area contributed by atoms with Crippen molar-refractivity contribution in [3.05, 3.63) is 35.7 Å². The Morgan fingerprint density at radius 1 is 1.29 bits per heavy atom. The second kappa shape index (κ2) is 4.05. The molecule has 0 saturated heterocycles. The number of rotatable bonds is 1. The van der Waals surface area contributed by atoms with Crippen molar-refractivity contribution in [2.24, 2.45) is 0 Å². The number of benzene rings is 1. The van der Waals surface area contributed by atoms with E-state index in [1.807, 2.05) is 0 Å². The number of carboxylic acid groups (broad SMARTS) is 1. The third-order valence-electron chi connectivity index (χ3n) is 1.34. The van der Waals surface area contributed by atoms with E-state index in [0.717, 1.165) is 0 Å². The first-order chi connectivity index (χ1) is 6.63. The van der Waals surface area contributed by atoms with Crippen LogP contribution in [-0.2, 0) is 9.59 Å². The van der Waals surface area contributed by atoms with Crippen LogP contribution in [0.15, 0.2) is 24.3 Å². The van der Waals surface area contributed by atoms with Gasteiger partial charge in [-0.1, -0.05) is 12.1 Å². The lowest BCUT2D eigenvalue weighted by Gasteiger charge is -2.03. The molecular weight excluding hydrogens is 186 g/mol. The molecule has 14 heavy (non-hydrogen) atoms. The van der Waals surface area contributed by atoms with Gasteiger partial charge in [-0.25, -0.2) is 9.64 Å². The van der Waals surface area contributed by atoms with E-state index in [1.54, 1.807) is 0 Å². The maximum absolute atomic E-state index is 10.5. The van der Waals surface area contributed by atoms with Gasteiger partial charge in [-0.15, -0.1) is 0 Å². The van der Waals surface area contributed by atoms with Crippen LogP contribution in [0.4, 0.5) is 5.69 Å². The van der Waals surface area contributed by atoms with Crippen molar-refractivity contribution in [3.63, 3.8) is 0 Å². The summed E-state index contributed by atoms with van der Waals surface area (Å²) in [6.07, 6.45) is 0. The second-order valence-corrected chi connectivity index (χ2v) is 2.28. The highest BCUT2D eigenvalue weighted by Crippen LogP contribution is 2.17. The molecule has 0 bridgehead atoms. The van der Waals surface area contributed by atoms with Gasteiger partial charge in [0.15, 0.2) is 11.7 Å². The maximum Gasteiger partial charge on any atom is 0.359 e. The molecule has 0 aliphatic heterocycles. The molecule has 0 atom stereocenters. The standard InChI is InChI=1S/C9H5NO4/c1-10-6-2-4-7(5-3-6)14-9(13)8(11)12/h2-5H,(H,11,12)/p-1. The van der Waals surface area contributed by atoms with Gasteiger partial charge in [0.1, 0.15) is 5.75 Å². The Balaban J connectivity index is 2.75. The van der Waals surface area contributed by atoms with E-state index in [-0.39, 0.29) is 5.75 Å². The summed E-state index contributed by atoms with van der Waals surface area (Å²) < 4.78 is 4.37. The largest absolute Gasteiger partial charge is 0.539 e. The number of ether oxygens (including phenoxy) is 1. The van der Waals surface area contributed by atoms with Gasteiger partial charge < -0.3 is 14.6 Å². The lowest BCUT2D eigenvalue weighted by Crippen LogP contribution is -2.34. The molecule has 0 spiro atoms. The van der Waals surface area contributed by atoms with E-state index in [0.29, 0.717) is 5.69 Å². The topological polar surface area (TPSA) is 70.8 Å². The summed E-state index contributed by atoms with van der Waals surface area (Å²) in [7, 11) is 0. The van der Waals surface area contributed by atoms with Crippen LogP contribution in [-0.4, -0.2) is 11.9 Å². The van der Waals surface area contributed by atoms with Crippen LogP contribution >= 0.6 is 0 Å². The van der Waals surface area contributed by atoms with Crippen molar-refractivity contribution in [1.82, 2.24) is 0 Å². The van der Waals surface area contributed by atoms with Gasteiger partial charge in [0.2, 0.25) is 0 Å². The van der Waals surface area contributed by atoms with Crippen LogP contribution < -0.4 is 9.84 Å². The number of esters is 1. The third kappa shape index (κ3) is 2.32. The summed E-state index contributed by atoms with van der Waals surface area (Å²) in [4.78, 5) is 23.6. The second-order valence-electron chi connectivity index (χ2n) is 2.28. The Morgan fingerprint density at radius 3 is 2.29 bits per heavy atom. The minimum absolute atomic E-state index is 0.0617. The van der Waals surface area contributed by atoms with Gasteiger partial charge in [0.25, 0.3) is 0 Å². The van der Waals surface area contributed by atoms with Crippen LogP contribution in [0.5, 0.6) is 5.75 Å². The highest BCUT2D eigenvalue weighted by Gasteiger charge is 2.04. The molecule has 1 aromatic carbocycles. The molecule has 0 amide bonds. The van der Waals surface area contributed by atoms with E-state index in [9.17, 15) is 14.7 Å². The smallest absolute Gasteiger partial charge is 0.359 e. The van der Waals surface area contributed by atoms with E-state index in [2.05, 4.69) is 9.58 Å². The van der Waals surface area contributed by atoms with Crippen molar-refractivity contribution in [2.45, 2.75) is 0 Å². The van der Waals surface area contributed by atoms with E-state index < -0.39 is 11.9 Å². The minimum atomic E-state index is -1.90. The van der Waals surface area contributed by atoms with E-state index in [1.165, 1.54) is 24.3 Å². The van der Waals surface area contributed by atoms with Gasteiger partial charge >= 0.3 is 5.97 Å². The quantitative estimate of drug-likeness (QED) is 0.268. The summed E-state index contributed by atoms with van der Waals surface area (Å²) in [5, 5.41) is 9.99. The Labute approximate surface area is 79.4 Å². The molecule has 0 radical (unpaired) electrons. The highest BCUT2D eigenvalue weighted by molar-refractivity contribution is 6.28. The molecule has 0 unspecified atom stereocenters. The maximum atomic E-state index is 10.5. The number of hydrogen-bond acceptors (Lipinski definition) is 4. The van der Waals surface area contributed by atoms with Gasteiger partial charge in [-0.3, -0.25) is 0 Å². The molecule has 0 aliphatic rings. The summed E-state index contributed by atoms with van der Waals surface area (Å²) in [5.41, 5.74) is 0.373. The minimum Gasteiger partial charge on any atom is -0.539 e. The first-order valence-electron chi connectivity index (χ1n) is 3.54. The molecule has 0 fully saturated rings.